The number of guanidine groups is 1. The van der Waals surface area contributed by atoms with E-state index in [1.807, 2.05) is 30.5 Å². The monoisotopic (exact) mass is 592 g/mol. The first-order valence-corrected chi connectivity index (χ1v) is 14.5. The third-order valence-corrected chi connectivity index (χ3v) is 6.96. The molecule has 0 aliphatic heterocycles. The molecule has 0 spiro atoms. The Kier molecular flexibility index (Phi) is 13.4. The number of fused-ring (bicyclic) bond motifs is 1. The number of benzene rings is 1. The number of aliphatic carboxylic acids is 1. The lowest BCUT2D eigenvalue weighted by molar-refractivity contribution is -0.142. The van der Waals surface area contributed by atoms with Crippen molar-refractivity contribution in [2.75, 3.05) is 18.6 Å². The number of carbonyl (C=O) groups is 4. The Balaban J connectivity index is 2.12. The maximum atomic E-state index is 13.2. The minimum Gasteiger partial charge on any atom is -0.480 e. The molecular formula is C26H40N8O6S. The van der Waals surface area contributed by atoms with E-state index in [0.29, 0.717) is 5.75 Å². The molecule has 1 aromatic heterocycles. The number of carboxylic acid groups (broad SMARTS) is 1. The molecule has 5 unspecified atom stereocenters. The van der Waals surface area contributed by atoms with Gasteiger partial charge in [-0.25, -0.2) is 4.79 Å². The van der Waals surface area contributed by atoms with Crippen LogP contribution in [0.2, 0.25) is 0 Å². The van der Waals surface area contributed by atoms with Gasteiger partial charge in [-0.15, -0.1) is 0 Å². The van der Waals surface area contributed by atoms with E-state index in [0.717, 1.165) is 16.5 Å². The lowest BCUT2D eigenvalue weighted by atomic mass is 10.0. The Hall–Kier alpha value is -3.82. The molecule has 15 heteroatoms. The second-order valence-corrected chi connectivity index (χ2v) is 10.6. The molecule has 0 bridgehead atoms. The van der Waals surface area contributed by atoms with Gasteiger partial charge in [0.05, 0.1) is 12.1 Å². The van der Waals surface area contributed by atoms with Gasteiger partial charge in [0.15, 0.2) is 5.96 Å². The van der Waals surface area contributed by atoms with Crippen molar-refractivity contribution in [1.82, 2.24) is 20.9 Å². The molecule has 2 rings (SSSR count). The fourth-order valence-corrected chi connectivity index (χ4v) is 4.57. The highest BCUT2D eigenvalue weighted by molar-refractivity contribution is 7.98. The number of nitrogens with one attached hydrogen (secondary N) is 4. The van der Waals surface area contributed by atoms with Crippen LogP contribution in [0.4, 0.5) is 0 Å². The molecule has 0 saturated heterocycles. The molecule has 226 valence electrons. The number of aromatic amines is 1. The number of aliphatic imine (C=N–C) groups is 1. The van der Waals surface area contributed by atoms with Crippen LogP contribution in [0.3, 0.4) is 0 Å². The average Bonchev–Trinajstić information content (AvgIpc) is 3.32. The molecule has 5 atom stereocenters. The third-order valence-electron chi connectivity index (χ3n) is 6.32. The van der Waals surface area contributed by atoms with Crippen molar-refractivity contribution < 1.29 is 29.4 Å². The van der Waals surface area contributed by atoms with Gasteiger partial charge in [0.2, 0.25) is 17.7 Å². The number of rotatable bonds is 17. The number of H-pyrrole nitrogens is 1. The van der Waals surface area contributed by atoms with Gasteiger partial charge in [-0.05, 0) is 56.2 Å². The van der Waals surface area contributed by atoms with Crippen LogP contribution in [0.5, 0.6) is 0 Å². The number of nitrogens with two attached hydrogens (primary N) is 3. The molecule has 0 radical (unpaired) electrons. The lowest BCUT2D eigenvalue weighted by Gasteiger charge is -2.26. The first-order valence-electron chi connectivity index (χ1n) is 13.1. The van der Waals surface area contributed by atoms with Crippen LogP contribution in [-0.2, 0) is 25.6 Å². The van der Waals surface area contributed by atoms with Gasteiger partial charge in [-0.2, -0.15) is 11.8 Å². The van der Waals surface area contributed by atoms with Crippen LogP contribution in [0.1, 0.15) is 31.7 Å². The number of aliphatic hydroxyl groups excluding tert-OH is 1. The number of nitrogens with zero attached hydrogens (tertiary/aromatic N) is 1. The van der Waals surface area contributed by atoms with Gasteiger partial charge in [-0.3, -0.25) is 19.4 Å². The van der Waals surface area contributed by atoms with E-state index in [2.05, 4.69) is 25.9 Å². The third kappa shape index (κ3) is 10.6. The van der Waals surface area contributed by atoms with Crippen LogP contribution in [0.25, 0.3) is 10.9 Å². The average molecular weight is 593 g/mol. The molecule has 1 aromatic carbocycles. The summed E-state index contributed by atoms with van der Waals surface area (Å²) in [5.41, 5.74) is 18.5. The molecule has 0 fully saturated rings. The number of thioether (sulfide) groups is 1. The molecule has 14 nitrogen and oxygen atoms in total. The molecule has 41 heavy (non-hydrogen) atoms. The summed E-state index contributed by atoms with van der Waals surface area (Å²) in [6, 6.07) is 2.71. The zero-order valence-corrected chi connectivity index (χ0v) is 23.9. The largest absolute Gasteiger partial charge is 0.480 e. The SMILES string of the molecule is CSCCC(NC(=O)C(CCCN=C(N)N)NC(=O)C(NC(=O)C(N)Cc1c[nH]c2ccccc12)C(C)O)C(=O)O. The Morgan fingerprint density at radius 1 is 1.02 bits per heavy atom. The number of aromatic nitrogens is 1. The topological polar surface area (TPSA) is 251 Å². The summed E-state index contributed by atoms with van der Waals surface area (Å²) < 4.78 is 0. The van der Waals surface area contributed by atoms with Crippen molar-refractivity contribution in [2.45, 2.75) is 62.9 Å². The van der Waals surface area contributed by atoms with Crippen molar-refractivity contribution in [1.29, 1.82) is 0 Å². The molecule has 1 heterocycles. The summed E-state index contributed by atoms with van der Waals surface area (Å²) in [6.07, 6.45) is 2.92. The number of carbonyl (C=O) groups excluding carboxylic acids is 3. The maximum Gasteiger partial charge on any atom is 0.326 e. The van der Waals surface area contributed by atoms with Gasteiger partial charge in [-0.1, -0.05) is 18.2 Å². The summed E-state index contributed by atoms with van der Waals surface area (Å²) in [5, 5.41) is 28.2. The zero-order chi connectivity index (χ0) is 30.5. The number of amides is 3. The fraction of sp³-hybridized carbons (Fsp3) is 0.500. The number of hydrogen-bond donors (Lipinski definition) is 9. The molecular weight excluding hydrogens is 552 g/mol. The summed E-state index contributed by atoms with van der Waals surface area (Å²) in [4.78, 5) is 57.7. The molecule has 0 aliphatic carbocycles. The van der Waals surface area contributed by atoms with Crippen molar-refractivity contribution >= 4 is 52.3 Å². The van der Waals surface area contributed by atoms with Crippen molar-refractivity contribution in [3.8, 4) is 0 Å². The van der Waals surface area contributed by atoms with Crippen molar-refractivity contribution in [3.63, 3.8) is 0 Å². The van der Waals surface area contributed by atoms with Gasteiger partial charge < -0.3 is 48.3 Å². The van der Waals surface area contributed by atoms with E-state index in [9.17, 15) is 29.4 Å². The van der Waals surface area contributed by atoms with Crippen LogP contribution < -0.4 is 33.2 Å². The van der Waals surface area contributed by atoms with E-state index in [-0.39, 0.29) is 38.2 Å². The molecule has 0 saturated carbocycles. The number of para-hydroxylation sites is 1. The summed E-state index contributed by atoms with van der Waals surface area (Å²) in [5.74, 6) is -3.11. The Bertz CT molecular complexity index is 1220. The first kappa shape index (κ1) is 33.4. The highest BCUT2D eigenvalue weighted by Gasteiger charge is 2.32. The second-order valence-electron chi connectivity index (χ2n) is 9.59. The van der Waals surface area contributed by atoms with Crippen LogP contribution in [-0.4, -0.2) is 93.7 Å². The Morgan fingerprint density at radius 3 is 2.34 bits per heavy atom. The number of hydrogen-bond acceptors (Lipinski definition) is 8. The molecule has 2 aromatic rings. The summed E-state index contributed by atoms with van der Waals surface area (Å²) in [7, 11) is 0. The van der Waals surface area contributed by atoms with E-state index < -0.39 is 54.0 Å². The van der Waals surface area contributed by atoms with E-state index in [1.165, 1.54) is 18.7 Å². The minimum absolute atomic E-state index is 0.0593. The lowest BCUT2D eigenvalue weighted by Crippen LogP contribution is -2.60. The quantitative estimate of drug-likeness (QED) is 0.0600. The van der Waals surface area contributed by atoms with Gasteiger partial charge in [0.1, 0.15) is 18.1 Å². The fourth-order valence-electron chi connectivity index (χ4n) is 4.09. The van der Waals surface area contributed by atoms with E-state index in [1.54, 1.807) is 6.20 Å². The van der Waals surface area contributed by atoms with E-state index >= 15 is 0 Å². The van der Waals surface area contributed by atoms with Gasteiger partial charge in [0.25, 0.3) is 0 Å². The summed E-state index contributed by atoms with van der Waals surface area (Å²) in [6.45, 7) is 1.47. The number of carboxylic acids is 1. The van der Waals surface area contributed by atoms with Crippen LogP contribution in [0, 0.1) is 0 Å². The standard InChI is InChI=1S/C26H40N8O6S/c1-14(35)21(34-22(36)17(27)12-15-13-31-18-7-4-3-6-16(15)18)24(38)32-19(8-5-10-30-26(28)29)23(37)33-20(25(39)40)9-11-41-2/h3-4,6-7,13-14,17,19-21,31,35H,5,8-12,27H2,1-2H3,(H,32,38)(H,33,37)(H,34,36)(H,39,40)(H4,28,29,30). The highest BCUT2D eigenvalue weighted by Crippen LogP contribution is 2.19. The van der Waals surface area contributed by atoms with Gasteiger partial charge in [0, 0.05) is 23.6 Å². The molecule has 0 aliphatic rings. The Morgan fingerprint density at radius 2 is 1.71 bits per heavy atom. The van der Waals surface area contributed by atoms with E-state index in [4.69, 9.17) is 17.2 Å². The summed E-state index contributed by atoms with van der Waals surface area (Å²) >= 11 is 1.43. The number of aliphatic hydroxyl groups is 1. The van der Waals surface area contributed by atoms with Gasteiger partial charge >= 0.3 is 5.97 Å². The maximum absolute atomic E-state index is 13.2. The molecule has 12 N–H and O–H groups in total. The second kappa shape index (κ2) is 16.4. The highest BCUT2D eigenvalue weighted by atomic mass is 32.2. The Labute approximate surface area is 242 Å². The van der Waals surface area contributed by atoms with Crippen molar-refractivity contribution in [2.24, 2.45) is 22.2 Å². The predicted octanol–water partition coefficient (Wildman–Crippen LogP) is -1.24. The normalized spacial score (nSPS) is 14.7. The molecule has 3 amide bonds. The van der Waals surface area contributed by atoms with Crippen molar-refractivity contribution in [3.05, 3.63) is 36.0 Å². The zero-order valence-electron chi connectivity index (χ0n) is 23.1. The smallest absolute Gasteiger partial charge is 0.326 e. The predicted molar refractivity (Wildman–Crippen MR) is 158 cm³/mol. The minimum atomic E-state index is -1.43. The van der Waals surface area contributed by atoms with Crippen LogP contribution >= 0.6 is 11.8 Å². The first-order chi connectivity index (χ1) is 19.4. The van der Waals surface area contributed by atoms with Crippen LogP contribution in [0.15, 0.2) is 35.5 Å².